The molecule has 0 spiro atoms. The Morgan fingerprint density at radius 1 is 1.64 bits per heavy atom. The Hall–Kier alpha value is -0.830. The average Bonchev–Trinajstić information content (AvgIpc) is 2.03. The predicted octanol–water partition coefficient (Wildman–Crippen LogP) is 0.998. The second kappa shape index (κ2) is 5.92. The van der Waals surface area contributed by atoms with E-state index in [-0.39, 0.29) is 11.9 Å². The molecule has 0 N–H and O–H groups in total. The van der Waals surface area contributed by atoms with Crippen LogP contribution in [0.15, 0.2) is 12.7 Å². The Morgan fingerprint density at radius 2 is 2.27 bits per heavy atom. The maximum absolute atomic E-state index is 10.9. The molecular weight excluding hydrogens is 144 g/mol. The first kappa shape index (κ1) is 10.2. The largest absolute Gasteiger partial charge is 0.469 e. The van der Waals surface area contributed by atoms with Gasteiger partial charge in [-0.15, -0.1) is 6.58 Å². The van der Waals surface area contributed by atoms with Gasteiger partial charge >= 0.3 is 5.97 Å². The molecule has 0 radical (unpaired) electrons. The fourth-order valence-corrected chi connectivity index (χ4v) is 0.801. The van der Waals surface area contributed by atoms with Crippen molar-refractivity contribution in [2.24, 2.45) is 5.92 Å². The van der Waals surface area contributed by atoms with E-state index in [0.29, 0.717) is 13.0 Å². The molecule has 0 aromatic carbocycles. The van der Waals surface area contributed by atoms with Gasteiger partial charge < -0.3 is 9.47 Å². The minimum Gasteiger partial charge on any atom is -0.469 e. The number of esters is 1. The third-order valence-electron chi connectivity index (χ3n) is 1.35. The van der Waals surface area contributed by atoms with E-state index in [1.807, 2.05) is 0 Å². The molecule has 0 heterocycles. The number of hydrogen-bond acceptors (Lipinski definition) is 3. The van der Waals surface area contributed by atoms with E-state index in [2.05, 4.69) is 11.3 Å². The van der Waals surface area contributed by atoms with E-state index in [4.69, 9.17) is 4.74 Å². The zero-order valence-corrected chi connectivity index (χ0v) is 7.00. The fraction of sp³-hybridized carbons (Fsp3) is 0.625. The monoisotopic (exact) mass is 158 g/mol. The van der Waals surface area contributed by atoms with Crippen LogP contribution in [0.25, 0.3) is 0 Å². The van der Waals surface area contributed by atoms with E-state index in [1.165, 1.54) is 7.11 Å². The van der Waals surface area contributed by atoms with Crippen molar-refractivity contribution in [3.05, 3.63) is 12.7 Å². The van der Waals surface area contributed by atoms with Gasteiger partial charge in [-0.25, -0.2) is 0 Å². The Morgan fingerprint density at radius 3 is 2.64 bits per heavy atom. The maximum Gasteiger partial charge on any atom is 0.311 e. The molecule has 0 aliphatic heterocycles. The summed E-state index contributed by atoms with van der Waals surface area (Å²) in [4.78, 5) is 10.9. The molecule has 0 aromatic heterocycles. The van der Waals surface area contributed by atoms with E-state index in [9.17, 15) is 4.79 Å². The van der Waals surface area contributed by atoms with E-state index < -0.39 is 0 Å². The van der Waals surface area contributed by atoms with Gasteiger partial charge in [0.1, 0.15) is 0 Å². The van der Waals surface area contributed by atoms with Crippen molar-refractivity contribution >= 4 is 5.97 Å². The van der Waals surface area contributed by atoms with Crippen LogP contribution in [0.1, 0.15) is 6.42 Å². The van der Waals surface area contributed by atoms with E-state index >= 15 is 0 Å². The Kier molecular flexibility index (Phi) is 5.47. The van der Waals surface area contributed by atoms with Crippen LogP contribution in [-0.2, 0) is 14.3 Å². The molecule has 0 saturated carbocycles. The highest BCUT2D eigenvalue weighted by atomic mass is 16.5. The minimum atomic E-state index is -0.244. The van der Waals surface area contributed by atoms with Gasteiger partial charge in [-0.2, -0.15) is 0 Å². The molecule has 11 heavy (non-hydrogen) atoms. The summed E-state index contributed by atoms with van der Waals surface area (Å²) >= 11 is 0. The smallest absolute Gasteiger partial charge is 0.311 e. The molecule has 0 saturated heterocycles. The van der Waals surface area contributed by atoms with Crippen molar-refractivity contribution in [3.63, 3.8) is 0 Å². The number of allylic oxidation sites excluding steroid dienone is 1. The van der Waals surface area contributed by atoms with Gasteiger partial charge in [0, 0.05) is 7.11 Å². The van der Waals surface area contributed by atoms with Crippen molar-refractivity contribution in [2.45, 2.75) is 6.42 Å². The quantitative estimate of drug-likeness (QED) is 0.442. The molecule has 0 aromatic rings. The van der Waals surface area contributed by atoms with Crippen LogP contribution in [0.2, 0.25) is 0 Å². The van der Waals surface area contributed by atoms with Crippen LogP contribution in [-0.4, -0.2) is 26.8 Å². The van der Waals surface area contributed by atoms with Gasteiger partial charge in [-0.05, 0) is 6.42 Å². The molecule has 1 unspecified atom stereocenters. The summed E-state index contributed by atoms with van der Waals surface area (Å²) in [5.41, 5.74) is 0. The van der Waals surface area contributed by atoms with E-state index in [0.717, 1.165) is 0 Å². The zero-order chi connectivity index (χ0) is 8.69. The molecule has 0 amide bonds. The summed E-state index contributed by atoms with van der Waals surface area (Å²) in [6.07, 6.45) is 2.28. The van der Waals surface area contributed by atoms with Crippen molar-refractivity contribution in [1.82, 2.24) is 0 Å². The molecule has 0 rings (SSSR count). The van der Waals surface area contributed by atoms with Gasteiger partial charge in [-0.1, -0.05) is 6.08 Å². The fourth-order valence-electron chi connectivity index (χ4n) is 0.801. The molecule has 0 aliphatic rings. The topological polar surface area (TPSA) is 35.5 Å². The normalized spacial score (nSPS) is 12.2. The lowest BCUT2D eigenvalue weighted by Crippen LogP contribution is -2.20. The lowest BCUT2D eigenvalue weighted by molar-refractivity contribution is -0.147. The molecular formula is C8H14O3. The third kappa shape index (κ3) is 3.78. The summed E-state index contributed by atoms with van der Waals surface area (Å²) in [6.45, 7) is 3.92. The Balaban J connectivity index is 3.86. The molecule has 3 nitrogen and oxygen atoms in total. The first-order valence-electron chi connectivity index (χ1n) is 3.44. The lowest BCUT2D eigenvalue weighted by Gasteiger charge is -2.10. The number of ether oxygens (including phenoxy) is 2. The van der Waals surface area contributed by atoms with Gasteiger partial charge in [0.05, 0.1) is 19.6 Å². The van der Waals surface area contributed by atoms with Crippen molar-refractivity contribution in [1.29, 1.82) is 0 Å². The van der Waals surface area contributed by atoms with Crippen LogP contribution < -0.4 is 0 Å². The van der Waals surface area contributed by atoms with Crippen LogP contribution in [0, 0.1) is 5.92 Å². The number of carbonyl (C=O) groups excluding carboxylic acids is 1. The molecule has 3 heteroatoms. The number of carbonyl (C=O) groups is 1. The second-order valence-electron chi connectivity index (χ2n) is 2.20. The molecule has 64 valence electrons. The minimum absolute atomic E-state index is 0.206. The third-order valence-corrected chi connectivity index (χ3v) is 1.35. The van der Waals surface area contributed by atoms with Crippen molar-refractivity contribution in [3.8, 4) is 0 Å². The number of methoxy groups -OCH3 is 2. The molecule has 0 aliphatic carbocycles. The van der Waals surface area contributed by atoms with Gasteiger partial charge in [-0.3, -0.25) is 4.79 Å². The van der Waals surface area contributed by atoms with E-state index in [1.54, 1.807) is 13.2 Å². The SMILES string of the molecule is C=CCC(COC)C(=O)OC. The summed E-state index contributed by atoms with van der Waals surface area (Å²) in [6, 6.07) is 0. The zero-order valence-electron chi connectivity index (χ0n) is 7.00. The summed E-state index contributed by atoms with van der Waals surface area (Å²) in [5, 5.41) is 0. The first-order chi connectivity index (χ1) is 5.26. The first-order valence-corrected chi connectivity index (χ1v) is 3.44. The average molecular weight is 158 g/mol. The second-order valence-corrected chi connectivity index (χ2v) is 2.20. The van der Waals surface area contributed by atoms with Gasteiger partial charge in [0.25, 0.3) is 0 Å². The summed E-state index contributed by atoms with van der Waals surface area (Å²) in [7, 11) is 2.92. The highest BCUT2D eigenvalue weighted by molar-refractivity contribution is 5.72. The maximum atomic E-state index is 10.9. The Bertz CT molecular complexity index is 131. The van der Waals surface area contributed by atoms with Gasteiger partial charge in [0.2, 0.25) is 0 Å². The number of hydrogen-bond donors (Lipinski definition) is 0. The van der Waals surface area contributed by atoms with Gasteiger partial charge in [0.15, 0.2) is 0 Å². The van der Waals surface area contributed by atoms with Crippen LogP contribution in [0.4, 0.5) is 0 Å². The standard InChI is InChI=1S/C8H14O3/c1-4-5-7(6-10-2)8(9)11-3/h4,7H,1,5-6H2,2-3H3. The van der Waals surface area contributed by atoms with Crippen LogP contribution >= 0.6 is 0 Å². The van der Waals surface area contributed by atoms with Crippen molar-refractivity contribution < 1.29 is 14.3 Å². The number of rotatable bonds is 5. The highest BCUT2D eigenvalue weighted by Gasteiger charge is 2.16. The van der Waals surface area contributed by atoms with Crippen LogP contribution in [0.3, 0.4) is 0 Å². The summed E-state index contributed by atoms with van der Waals surface area (Å²) in [5.74, 6) is -0.450. The molecule has 0 fully saturated rings. The van der Waals surface area contributed by atoms with Crippen molar-refractivity contribution in [2.75, 3.05) is 20.8 Å². The Labute approximate surface area is 67.0 Å². The lowest BCUT2D eigenvalue weighted by atomic mass is 10.1. The molecule has 0 bridgehead atoms. The summed E-state index contributed by atoms with van der Waals surface area (Å²) < 4.78 is 9.38. The predicted molar refractivity (Wildman–Crippen MR) is 42.2 cm³/mol. The highest BCUT2D eigenvalue weighted by Crippen LogP contribution is 2.05. The van der Waals surface area contributed by atoms with Crippen LogP contribution in [0.5, 0.6) is 0 Å². The molecule has 1 atom stereocenters.